The van der Waals surface area contributed by atoms with Crippen LogP contribution in [0.15, 0.2) is 45.4 Å². The highest BCUT2D eigenvalue weighted by molar-refractivity contribution is 9.10. The Bertz CT molecular complexity index is 783. The standard InChI is InChI=1S/C14H10BrN3O3/c1-20-14(19)17-10-6-8(5-9(15)7-10)13-18-12-11(21-13)3-2-4-16-12/h2-7H,1H3,(H,17,19). The number of amides is 1. The molecule has 0 radical (unpaired) electrons. The fourth-order valence-corrected chi connectivity index (χ4v) is 2.34. The smallest absolute Gasteiger partial charge is 0.411 e. The molecule has 1 aromatic carbocycles. The molecule has 0 atom stereocenters. The van der Waals surface area contributed by atoms with Crippen LogP contribution < -0.4 is 5.32 Å². The molecule has 2 aromatic heterocycles. The Morgan fingerprint density at radius 2 is 2.24 bits per heavy atom. The summed E-state index contributed by atoms with van der Waals surface area (Å²) in [6.45, 7) is 0. The summed E-state index contributed by atoms with van der Waals surface area (Å²) >= 11 is 3.39. The zero-order chi connectivity index (χ0) is 14.8. The number of carbonyl (C=O) groups excluding carboxylic acids is 1. The van der Waals surface area contributed by atoms with Crippen LogP contribution in [-0.2, 0) is 4.74 Å². The number of rotatable bonds is 2. The SMILES string of the molecule is COC(=O)Nc1cc(Br)cc(-c2nc3ncccc3o2)c1. The first-order chi connectivity index (χ1) is 10.2. The molecule has 106 valence electrons. The van der Waals surface area contributed by atoms with Crippen LogP contribution in [0.1, 0.15) is 0 Å². The van der Waals surface area contributed by atoms with Gasteiger partial charge in [-0.05, 0) is 30.3 Å². The van der Waals surface area contributed by atoms with E-state index in [0.29, 0.717) is 28.4 Å². The number of nitrogens with zero attached hydrogens (tertiary/aromatic N) is 2. The van der Waals surface area contributed by atoms with Crippen molar-refractivity contribution < 1.29 is 13.9 Å². The van der Waals surface area contributed by atoms with Gasteiger partial charge in [-0.1, -0.05) is 15.9 Å². The number of hydrogen-bond donors (Lipinski definition) is 1. The van der Waals surface area contributed by atoms with Crippen molar-refractivity contribution in [3.63, 3.8) is 0 Å². The zero-order valence-electron chi connectivity index (χ0n) is 11.0. The van der Waals surface area contributed by atoms with E-state index in [1.807, 2.05) is 6.07 Å². The van der Waals surface area contributed by atoms with E-state index in [0.717, 1.165) is 4.47 Å². The summed E-state index contributed by atoms with van der Waals surface area (Å²) < 4.78 is 11.0. The maximum Gasteiger partial charge on any atom is 0.411 e. The predicted octanol–water partition coefficient (Wildman–Crippen LogP) is 3.83. The second-order valence-electron chi connectivity index (χ2n) is 4.19. The van der Waals surface area contributed by atoms with Crippen molar-refractivity contribution in [2.45, 2.75) is 0 Å². The van der Waals surface area contributed by atoms with Gasteiger partial charge in [0.1, 0.15) is 0 Å². The van der Waals surface area contributed by atoms with Crippen molar-refractivity contribution in [1.82, 2.24) is 9.97 Å². The van der Waals surface area contributed by atoms with E-state index in [-0.39, 0.29) is 0 Å². The number of halogens is 1. The molecular formula is C14H10BrN3O3. The minimum absolute atomic E-state index is 0.429. The number of carbonyl (C=O) groups is 1. The van der Waals surface area contributed by atoms with E-state index in [1.54, 1.807) is 30.5 Å². The van der Waals surface area contributed by atoms with Crippen molar-refractivity contribution in [2.24, 2.45) is 0 Å². The molecule has 6 nitrogen and oxygen atoms in total. The third-order valence-corrected chi connectivity index (χ3v) is 3.20. The number of aromatic nitrogens is 2. The van der Waals surface area contributed by atoms with E-state index in [4.69, 9.17) is 4.42 Å². The molecule has 0 saturated carbocycles. The Hall–Kier alpha value is -2.41. The molecule has 1 amide bonds. The van der Waals surface area contributed by atoms with Gasteiger partial charge >= 0.3 is 6.09 Å². The lowest BCUT2D eigenvalue weighted by Gasteiger charge is -2.05. The fraction of sp³-hybridized carbons (Fsp3) is 0.0714. The van der Waals surface area contributed by atoms with E-state index >= 15 is 0 Å². The van der Waals surface area contributed by atoms with Gasteiger partial charge < -0.3 is 9.15 Å². The number of oxazole rings is 1. The van der Waals surface area contributed by atoms with Crippen molar-refractivity contribution in [3.05, 3.63) is 41.0 Å². The Kier molecular flexibility index (Phi) is 3.57. The van der Waals surface area contributed by atoms with E-state index < -0.39 is 6.09 Å². The van der Waals surface area contributed by atoms with Gasteiger partial charge in [-0.25, -0.2) is 9.78 Å². The fourth-order valence-electron chi connectivity index (χ4n) is 1.85. The minimum atomic E-state index is -0.543. The lowest BCUT2D eigenvalue weighted by atomic mass is 10.2. The van der Waals surface area contributed by atoms with E-state index in [2.05, 4.69) is 36.0 Å². The maximum atomic E-state index is 11.3. The summed E-state index contributed by atoms with van der Waals surface area (Å²) in [5.41, 5.74) is 2.43. The Morgan fingerprint density at radius 3 is 3.00 bits per heavy atom. The molecule has 2 heterocycles. The summed E-state index contributed by atoms with van der Waals surface area (Å²) in [7, 11) is 1.31. The first-order valence-electron chi connectivity index (χ1n) is 6.03. The summed E-state index contributed by atoms with van der Waals surface area (Å²) in [5.74, 6) is 0.429. The summed E-state index contributed by atoms with van der Waals surface area (Å²) in [6, 6.07) is 8.91. The summed E-state index contributed by atoms with van der Waals surface area (Å²) in [6.07, 6.45) is 1.11. The lowest BCUT2D eigenvalue weighted by molar-refractivity contribution is 0.187. The number of nitrogens with one attached hydrogen (secondary N) is 1. The van der Waals surface area contributed by atoms with Crippen LogP contribution in [0.5, 0.6) is 0 Å². The van der Waals surface area contributed by atoms with Gasteiger partial charge in [0.05, 0.1) is 7.11 Å². The van der Waals surface area contributed by atoms with Gasteiger partial charge in [0.25, 0.3) is 0 Å². The van der Waals surface area contributed by atoms with Crippen LogP contribution in [0.25, 0.3) is 22.7 Å². The first kappa shape index (κ1) is 13.6. The average molecular weight is 348 g/mol. The number of pyridine rings is 1. The van der Waals surface area contributed by atoms with Crippen LogP contribution in [-0.4, -0.2) is 23.2 Å². The van der Waals surface area contributed by atoms with Gasteiger partial charge in [-0.15, -0.1) is 0 Å². The Labute approximate surface area is 128 Å². The quantitative estimate of drug-likeness (QED) is 0.762. The lowest BCUT2D eigenvalue weighted by Crippen LogP contribution is -2.10. The highest BCUT2D eigenvalue weighted by Crippen LogP contribution is 2.29. The topological polar surface area (TPSA) is 77.2 Å². The van der Waals surface area contributed by atoms with Crippen molar-refractivity contribution >= 4 is 38.9 Å². The highest BCUT2D eigenvalue weighted by Gasteiger charge is 2.11. The number of fused-ring (bicyclic) bond motifs is 1. The van der Waals surface area contributed by atoms with Gasteiger partial charge in [-0.3, -0.25) is 5.32 Å². The molecule has 3 aromatic rings. The predicted molar refractivity (Wildman–Crippen MR) is 81.0 cm³/mol. The van der Waals surface area contributed by atoms with E-state index in [9.17, 15) is 4.79 Å². The molecule has 0 unspecified atom stereocenters. The van der Waals surface area contributed by atoms with Crippen LogP contribution >= 0.6 is 15.9 Å². The molecule has 0 aliphatic rings. The molecular weight excluding hydrogens is 338 g/mol. The molecule has 3 rings (SSSR count). The number of methoxy groups -OCH3 is 1. The van der Waals surface area contributed by atoms with Gasteiger partial charge in [0.15, 0.2) is 11.2 Å². The molecule has 21 heavy (non-hydrogen) atoms. The maximum absolute atomic E-state index is 11.3. The monoisotopic (exact) mass is 347 g/mol. The van der Waals surface area contributed by atoms with Crippen molar-refractivity contribution in [3.8, 4) is 11.5 Å². The van der Waals surface area contributed by atoms with Crippen molar-refractivity contribution in [2.75, 3.05) is 12.4 Å². The zero-order valence-corrected chi connectivity index (χ0v) is 12.5. The van der Waals surface area contributed by atoms with Crippen LogP contribution in [0.3, 0.4) is 0 Å². The molecule has 0 aliphatic carbocycles. The third-order valence-electron chi connectivity index (χ3n) is 2.74. The van der Waals surface area contributed by atoms with Crippen LogP contribution in [0, 0.1) is 0 Å². The number of hydrogen-bond acceptors (Lipinski definition) is 5. The molecule has 7 heteroatoms. The van der Waals surface area contributed by atoms with Gasteiger partial charge in [0.2, 0.25) is 5.89 Å². The second kappa shape index (κ2) is 5.53. The minimum Gasteiger partial charge on any atom is -0.453 e. The third kappa shape index (κ3) is 2.87. The molecule has 0 saturated heterocycles. The summed E-state index contributed by atoms with van der Waals surface area (Å²) in [5, 5.41) is 2.60. The highest BCUT2D eigenvalue weighted by atomic mass is 79.9. The first-order valence-corrected chi connectivity index (χ1v) is 6.82. The number of benzene rings is 1. The molecule has 0 bridgehead atoms. The van der Waals surface area contributed by atoms with Crippen molar-refractivity contribution in [1.29, 1.82) is 0 Å². The molecule has 1 N–H and O–H groups in total. The molecule has 0 spiro atoms. The summed E-state index contributed by atoms with van der Waals surface area (Å²) in [4.78, 5) is 19.7. The molecule has 0 fully saturated rings. The number of ether oxygens (including phenoxy) is 1. The normalized spacial score (nSPS) is 10.6. The average Bonchev–Trinajstić information content (AvgIpc) is 2.90. The Balaban J connectivity index is 2.03. The van der Waals surface area contributed by atoms with Gasteiger partial charge in [0, 0.05) is 21.9 Å². The van der Waals surface area contributed by atoms with Gasteiger partial charge in [-0.2, -0.15) is 4.98 Å². The van der Waals surface area contributed by atoms with Crippen LogP contribution in [0.2, 0.25) is 0 Å². The van der Waals surface area contributed by atoms with E-state index in [1.165, 1.54) is 7.11 Å². The molecule has 0 aliphatic heterocycles. The Morgan fingerprint density at radius 1 is 1.38 bits per heavy atom. The van der Waals surface area contributed by atoms with Crippen LogP contribution in [0.4, 0.5) is 10.5 Å². The second-order valence-corrected chi connectivity index (χ2v) is 5.11. The number of anilines is 1. The largest absolute Gasteiger partial charge is 0.453 e.